The number of rotatable bonds is 4. The topological polar surface area (TPSA) is 63.8 Å². The molecule has 0 unspecified atom stereocenters. The van der Waals surface area contributed by atoms with Gasteiger partial charge in [0.15, 0.2) is 0 Å². The van der Waals surface area contributed by atoms with Gasteiger partial charge in [-0.15, -0.1) is 0 Å². The Morgan fingerprint density at radius 3 is 2.56 bits per heavy atom. The maximum absolute atomic E-state index is 8.75. The van der Waals surface area contributed by atoms with Crippen LogP contribution in [0, 0.1) is 16.7 Å². The van der Waals surface area contributed by atoms with Crippen LogP contribution in [0.5, 0.6) is 0 Å². The Bertz CT molecular complexity index is 555. The van der Waals surface area contributed by atoms with Crippen LogP contribution in [0.2, 0.25) is 0 Å². The van der Waals surface area contributed by atoms with E-state index < -0.39 is 0 Å². The van der Waals surface area contributed by atoms with Gasteiger partial charge in [-0.25, -0.2) is 4.98 Å². The fraction of sp³-hybridized carbons (Fsp3) is 0.0714. The summed E-state index contributed by atoms with van der Waals surface area (Å²) >= 11 is 0. The first-order valence-electron chi connectivity index (χ1n) is 5.53. The fourth-order valence-electron chi connectivity index (χ4n) is 1.64. The Morgan fingerprint density at radius 1 is 1.22 bits per heavy atom. The summed E-state index contributed by atoms with van der Waals surface area (Å²) in [4.78, 5) is 6.16. The molecule has 4 heteroatoms. The van der Waals surface area contributed by atoms with Crippen molar-refractivity contribution < 1.29 is 0 Å². The maximum Gasteiger partial charge on any atom is 0.133 e. The van der Waals surface area contributed by atoms with E-state index in [-0.39, 0.29) is 0 Å². The molecule has 1 aromatic carbocycles. The van der Waals surface area contributed by atoms with Crippen LogP contribution in [0.3, 0.4) is 0 Å². The van der Waals surface area contributed by atoms with Crippen molar-refractivity contribution >= 4 is 17.7 Å². The van der Waals surface area contributed by atoms with Gasteiger partial charge in [-0.2, -0.15) is 5.26 Å². The van der Waals surface area contributed by atoms with Gasteiger partial charge < -0.3 is 10.3 Å². The van der Waals surface area contributed by atoms with Crippen molar-refractivity contribution in [2.75, 3.05) is 11.4 Å². The molecule has 0 radical (unpaired) electrons. The highest BCUT2D eigenvalue weighted by molar-refractivity contribution is 5.70. The van der Waals surface area contributed by atoms with E-state index in [2.05, 4.69) is 4.98 Å². The lowest BCUT2D eigenvalue weighted by atomic mass is 10.2. The largest absolute Gasteiger partial charge is 0.321 e. The summed E-state index contributed by atoms with van der Waals surface area (Å²) in [6, 6.07) is 15.3. The molecule has 88 valence electrons. The van der Waals surface area contributed by atoms with Crippen LogP contribution in [0.1, 0.15) is 5.56 Å². The standard InChI is InChI=1S/C14H12N4/c15-8-9-18(13-4-2-1-3-5-13)14-7-6-12(10-16)11-17-14/h1-8,11,15H,9H2. The Labute approximate surface area is 106 Å². The van der Waals surface area contributed by atoms with Crippen LogP contribution in [0.4, 0.5) is 11.5 Å². The second-order valence-corrected chi connectivity index (χ2v) is 3.67. The first-order chi connectivity index (χ1) is 8.85. The molecule has 1 N–H and O–H groups in total. The molecule has 0 bridgehead atoms. The average Bonchev–Trinajstić information content (AvgIpc) is 2.46. The van der Waals surface area contributed by atoms with Crippen LogP contribution < -0.4 is 4.90 Å². The van der Waals surface area contributed by atoms with E-state index in [0.29, 0.717) is 12.1 Å². The lowest BCUT2D eigenvalue weighted by molar-refractivity contribution is 1.07. The highest BCUT2D eigenvalue weighted by atomic mass is 15.2. The molecule has 2 aromatic rings. The van der Waals surface area contributed by atoms with Gasteiger partial charge in [-0.05, 0) is 24.3 Å². The van der Waals surface area contributed by atoms with Gasteiger partial charge in [0, 0.05) is 18.1 Å². The van der Waals surface area contributed by atoms with E-state index in [9.17, 15) is 0 Å². The Morgan fingerprint density at radius 2 is 2.00 bits per heavy atom. The summed E-state index contributed by atoms with van der Waals surface area (Å²) in [5, 5.41) is 16.0. The molecule has 18 heavy (non-hydrogen) atoms. The minimum Gasteiger partial charge on any atom is -0.321 e. The van der Waals surface area contributed by atoms with Crippen molar-refractivity contribution in [1.82, 2.24) is 4.98 Å². The van der Waals surface area contributed by atoms with Crippen LogP contribution in [0.25, 0.3) is 0 Å². The van der Waals surface area contributed by atoms with Crippen LogP contribution in [0.15, 0.2) is 48.7 Å². The molecule has 0 fully saturated rings. The molecule has 2 rings (SSSR count). The van der Waals surface area contributed by atoms with Gasteiger partial charge in [0.25, 0.3) is 0 Å². The summed E-state index contributed by atoms with van der Waals surface area (Å²) in [5.74, 6) is 0.726. The third-order valence-corrected chi connectivity index (χ3v) is 2.50. The monoisotopic (exact) mass is 236 g/mol. The van der Waals surface area contributed by atoms with Gasteiger partial charge in [-0.3, -0.25) is 0 Å². The molecule has 1 heterocycles. The summed E-state index contributed by atoms with van der Waals surface area (Å²) in [6.45, 7) is 0.447. The molecule has 0 saturated heterocycles. The zero-order chi connectivity index (χ0) is 12.8. The normalized spacial score (nSPS) is 9.50. The summed E-state index contributed by atoms with van der Waals surface area (Å²) in [7, 11) is 0. The number of anilines is 2. The number of nitrogens with zero attached hydrogens (tertiary/aromatic N) is 3. The second kappa shape index (κ2) is 5.60. The molecule has 0 aliphatic carbocycles. The van der Waals surface area contributed by atoms with E-state index in [1.54, 1.807) is 12.1 Å². The predicted octanol–water partition coefficient (Wildman–Crippen LogP) is 2.74. The lowest BCUT2D eigenvalue weighted by Crippen LogP contribution is -2.20. The first-order valence-corrected chi connectivity index (χ1v) is 5.53. The maximum atomic E-state index is 8.75. The molecule has 0 amide bonds. The number of aromatic nitrogens is 1. The molecule has 0 saturated carbocycles. The third-order valence-electron chi connectivity index (χ3n) is 2.50. The predicted molar refractivity (Wildman–Crippen MR) is 71.2 cm³/mol. The number of pyridine rings is 1. The van der Waals surface area contributed by atoms with Crippen LogP contribution in [-0.4, -0.2) is 17.7 Å². The first kappa shape index (κ1) is 11.8. The van der Waals surface area contributed by atoms with Crippen molar-refractivity contribution in [2.24, 2.45) is 0 Å². The molecule has 0 aliphatic heterocycles. The number of nitrogens with one attached hydrogen (secondary N) is 1. The van der Waals surface area contributed by atoms with E-state index in [0.717, 1.165) is 11.5 Å². The Kier molecular flexibility index (Phi) is 3.67. The SMILES string of the molecule is N#Cc1ccc(N(CC=N)c2ccccc2)nc1. The van der Waals surface area contributed by atoms with Crippen molar-refractivity contribution in [3.63, 3.8) is 0 Å². The third kappa shape index (κ3) is 2.53. The van der Waals surface area contributed by atoms with E-state index in [1.807, 2.05) is 41.3 Å². The highest BCUT2D eigenvalue weighted by Gasteiger charge is 2.08. The van der Waals surface area contributed by atoms with Crippen molar-refractivity contribution in [3.8, 4) is 6.07 Å². The molecule has 0 aliphatic rings. The zero-order valence-corrected chi connectivity index (χ0v) is 9.74. The van der Waals surface area contributed by atoms with Crippen molar-refractivity contribution in [2.45, 2.75) is 0 Å². The Hall–Kier alpha value is -2.67. The minimum atomic E-state index is 0.447. The summed E-state index contributed by atoms with van der Waals surface area (Å²) < 4.78 is 0. The Balaban J connectivity index is 2.35. The number of para-hydroxylation sites is 1. The average molecular weight is 236 g/mol. The zero-order valence-electron chi connectivity index (χ0n) is 9.74. The molecule has 0 spiro atoms. The number of hydrogen-bond acceptors (Lipinski definition) is 4. The quantitative estimate of drug-likeness (QED) is 0.830. The van der Waals surface area contributed by atoms with Gasteiger partial charge in [-0.1, -0.05) is 18.2 Å². The molecule has 4 nitrogen and oxygen atoms in total. The number of hydrogen-bond donors (Lipinski definition) is 1. The molecular weight excluding hydrogens is 224 g/mol. The van der Waals surface area contributed by atoms with Crippen LogP contribution >= 0.6 is 0 Å². The fourth-order valence-corrected chi connectivity index (χ4v) is 1.64. The summed E-state index contributed by atoms with van der Waals surface area (Å²) in [6.07, 6.45) is 2.86. The van der Waals surface area contributed by atoms with Gasteiger partial charge in [0.05, 0.1) is 12.1 Å². The van der Waals surface area contributed by atoms with Gasteiger partial charge >= 0.3 is 0 Å². The molecule has 0 atom stereocenters. The van der Waals surface area contributed by atoms with E-state index >= 15 is 0 Å². The number of nitriles is 1. The molecule has 1 aromatic heterocycles. The minimum absolute atomic E-state index is 0.447. The van der Waals surface area contributed by atoms with Crippen molar-refractivity contribution in [3.05, 3.63) is 54.2 Å². The summed E-state index contributed by atoms with van der Waals surface area (Å²) in [5.41, 5.74) is 1.50. The number of benzene rings is 1. The van der Waals surface area contributed by atoms with E-state index in [4.69, 9.17) is 10.7 Å². The van der Waals surface area contributed by atoms with Gasteiger partial charge in [0.1, 0.15) is 11.9 Å². The smallest absolute Gasteiger partial charge is 0.133 e. The van der Waals surface area contributed by atoms with Crippen molar-refractivity contribution in [1.29, 1.82) is 10.7 Å². The highest BCUT2D eigenvalue weighted by Crippen LogP contribution is 2.22. The van der Waals surface area contributed by atoms with E-state index in [1.165, 1.54) is 12.4 Å². The van der Waals surface area contributed by atoms with Crippen LogP contribution in [-0.2, 0) is 0 Å². The second-order valence-electron chi connectivity index (χ2n) is 3.67. The van der Waals surface area contributed by atoms with Gasteiger partial charge in [0.2, 0.25) is 0 Å². The lowest BCUT2D eigenvalue weighted by Gasteiger charge is -2.21. The molecular formula is C14H12N4.